The minimum atomic E-state index is -0.0561. The van der Waals surface area contributed by atoms with Crippen LogP contribution in [-0.4, -0.2) is 30.0 Å². The molecule has 124 valence electrons. The fourth-order valence-electron chi connectivity index (χ4n) is 2.15. The summed E-state index contributed by atoms with van der Waals surface area (Å²) in [6.07, 6.45) is 4.99. The quantitative estimate of drug-likeness (QED) is 0.846. The first-order valence-corrected chi connectivity index (χ1v) is 8.69. The van der Waals surface area contributed by atoms with E-state index in [1.165, 1.54) is 11.3 Å². The van der Waals surface area contributed by atoms with Gasteiger partial charge in [0.1, 0.15) is 10.7 Å². The first kappa shape index (κ1) is 17.4. The molecule has 5 nitrogen and oxygen atoms in total. The number of aryl methyl sites for hydroxylation is 2. The van der Waals surface area contributed by atoms with E-state index in [9.17, 15) is 4.79 Å². The lowest BCUT2D eigenvalue weighted by atomic mass is 10.2. The molecule has 0 aliphatic carbocycles. The predicted octanol–water partition coefficient (Wildman–Crippen LogP) is 3.19. The molecule has 0 unspecified atom stereocenters. The van der Waals surface area contributed by atoms with Crippen LogP contribution in [0.5, 0.6) is 0 Å². The molecule has 0 spiro atoms. The van der Waals surface area contributed by atoms with Crippen molar-refractivity contribution in [1.29, 1.82) is 0 Å². The molecular weight excluding hydrogens is 308 g/mol. The van der Waals surface area contributed by atoms with Crippen LogP contribution in [0.25, 0.3) is 0 Å². The Bertz CT molecular complexity index is 649. The van der Waals surface area contributed by atoms with Crippen molar-refractivity contribution in [3.63, 3.8) is 0 Å². The fourth-order valence-corrected chi connectivity index (χ4v) is 3.17. The van der Waals surface area contributed by atoms with Gasteiger partial charge in [0, 0.05) is 26.8 Å². The number of hydrogen-bond donors (Lipinski definition) is 1. The second-order valence-corrected chi connectivity index (χ2v) is 6.81. The largest absolute Gasteiger partial charge is 0.363 e. The number of anilines is 1. The highest BCUT2D eigenvalue weighted by molar-refractivity contribution is 7.13. The molecule has 0 aromatic carbocycles. The van der Waals surface area contributed by atoms with Crippen molar-refractivity contribution >= 4 is 23.1 Å². The SMILES string of the molecule is CCCCc1nc(C)c(C(=O)NCc2ccc(N(C)C)nc2)s1. The zero-order chi connectivity index (χ0) is 16.8. The fraction of sp³-hybridized carbons (Fsp3) is 0.471. The van der Waals surface area contributed by atoms with Crippen molar-refractivity contribution in [3.05, 3.63) is 39.5 Å². The zero-order valence-corrected chi connectivity index (χ0v) is 15.0. The number of thiazole rings is 1. The van der Waals surface area contributed by atoms with Crippen LogP contribution in [-0.2, 0) is 13.0 Å². The predicted molar refractivity (Wildman–Crippen MR) is 95.2 cm³/mol. The van der Waals surface area contributed by atoms with Gasteiger partial charge < -0.3 is 10.2 Å². The lowest BCUT2D eigenvalue weighted by Gasteiger charge is -2.11. The highest BCUT2D eigenvalue weighted by Gasteiger charge is 2.14. The normalized spacial score (nSPS) is 10.6. The third-order valence-corrected chi connectivity index (χ3v) is 4.73. The average Bonchev–Trinajstić information content (AvgIpc) is 2.92. The monoisotopic (exact) mass is 332 g/mol. The Morgan fingerprint density at radius 1 is 1.35 bits per heavy atom. The number of nitrogens with one attached hydrogen (secondary N) is 1. The number of pyridine rings is 1. The summed E-state index contributed by atoms with van der Waals surface area (Å²) in [5.74, 6) is 0.846. The highest BCUT2D eigenvalue weighted by Crippen LogP contribution is 2.20. The summed E-state index contributed by atoms with van der Waals surface area (Å²) < 4.78 is 0. The van der Waals surface area contributed by atoms with Crippen molar-refractivity contribution < 1.29 is 4.79 Å². The van der Waals surface area contributed by atoms with Crippen molar-refractivity contribution in [2.24, 2.45) is 0 Å². The number of carbonyl (C=O) groups excluding carboxylic acids is 1. The van der Waals surface area contributed by atoms with E-state index in [-0.39, 0.29) is 5.91 Å². The molecule has 0 aliphatic rings. The first-order chi connectivity index (χ1) is 11.0. The summed E-state index contributed by atoms with van der Waals surface area (Å²) in [6, 6.07) is 3.93. The topological polar surface area (TPSA) is 58.1 Å². The van der Waals surface area contributed by atoms with E-state index in [2.05, 4.69) is 22.2 Å². The minimum Gasteiger partial charge on any atom is -0.363 e. The summed E-state index contributed by atoms with van der Waals surface area (Å²) in [6.45, 7) is 4.53. The van der Waals surface area contributed by atoms with E-state index >= 15 is 0 Å². The second-order valence-electron chi connectivity index (χ2n) is 5.73. The van der Waals surface area contributed by atoms with Crippen LogP contribution in [0.4, 0.5) is 5.82 Å². The number of aromatic nitrogens is 2. The molecular formula is C17H24N4OS. The Kier molecular flexibility index (Phi) is 6.10. The number of amides is 1. The molecule has 23 heavy (non-hydrogen) atoms. The summed E-state index contributed by atoms with van der Waals surface area (Å²) >= 11 is 1.50. The van der Waals surface area contributed by atoms with E-state index in [0.29, 0.717) is 11.4 Å². The molecule has 0 fully saturated rings. The second kappa shape index (κ2) is 8.06. The van der Waals surface area contributed by atoms with Crippen molar-refractivity contribution in [2.75, 3.05) is 19.0 Å². The molecule has 2 heterocycles. The molecule has 6 heteroatoms. The van der Waals surface area contributed by atoms with Crippen molar-refractivity contribution in [2.45, 2.75) is 39.7 Å². The van der Waals surface area contributed by atoms with Gasteiger partial charge in [-0.05, 0) is 31.4 Å². The Hall–Kier alpha value is -1.95. The smallest absolute Gasteiger partial charge is 0.263 e. The molecule has 2 rings (SSSR count). The summed E-state index contributed by atoms with van der Waals surface area (Å²) in [5, 5.41) is 4.00. The molecule has 2 aromatic rings. The summed E-state index contributed by atoms with van der Waals surface area (Å²) in [4.78, 5) is 23.8. The first-order valence-electron chi connectivity index (χ1n) is 7.88. The van der Waals surface area contributed by atoms with Gasteiger partial charge in [-0.3, -0.25) is 4.79 Å². The van der Waals surface area contributed by atoms with E-state index in [1.807, 2.05) is 38.1 Å². The lowest BCUT2D eigenvalue weighted by molar-refractivity contribution is 0.0954. The number of carbonyl (C=O) groups is 1. The lowest BCUT2D eigenvalue weighted by Crippen LogP contribution is -2.22. The third kappa shape index (κ3) is 4.76. The number of nitrogens with zero attached hydrogens (tertiary/aromatic N) is 3. The maximum Gasteiger partial charge on any atom is 0.263 e. The Morgan fingerprint density at radius 2 is 2.13 bits per heavy atom. The molecule has 2 aromatic heterocycles. The number of unbranched alkanes of at least 4 members (excludes halogenated alkanes) is 1. The minimum absolute atomic E-state index is 0.0561. The van der Waals surface area contributed by atoms with Gasteiger partial charge in [0.25, 0.3) is 5.91 Å². The van der Waals surface area contributed by atoms with Gasteiger partial charge in [0.2, 0.25) is 0 Å². The van der Waals surface area contributed by atoms with Crippen LogP contribution in [0.3, 0.4) is 0 Å². The van der Waals surface area contributed by atoms with Crippen LogP contribution >= 0.6 is 11.3 Å². The van der Waals surface area contributed by atoms with Gasteiger partial charge in [-0.2, -0.15) is 0 Å². The van der Waals surface area contributed by atoms with Crippen LogP contribution < -0.4 is 10.2 Å². The number of rotatable bonds is 7. The van der Waals surface area contributed by atoms with Gasteiger partial charge >= 0.3 is 0 Å². The molecule has 1 N–H and O–H groups in total. The molecule has 0 saturated heterocycles. The van der Waals surface area contributed by atoms with Gasteiger partial charge in [0.15, 0.2) is 0 Å². The molecule has 1 amide bonds. The maximum absolute atomic E-state index is 12.3. The maximum atomic E-state index is 12.3. The van der Waals surface area contributed by atoms with Gasteiger partial charge in [-0.1, -0.05) is 19.4 Å². The van der Waals surface area contributed by atoms with E-state index in [4.69, 9.17) is 0 Å². The molecule has 0 bridgehead atoms. The van der Waals surface area contributed by atoms with Gasteiger partial charge in [-0.25, -0.2) is 9.97 Å². The number of hydrogen-bond acceptors (Lipinski definition) is 5. The summed E-state index contributed by atoms with van der Waals surface area (Å²) in [5.41, 5.74) is 1.80. The van der Waals surface area contributed by atoms with E-state index < -0.39 is 0 Å². The van der Waals surface area contributed by atoms with Crippen molar-refractivity contribution in [3.8, 4) is 0 Å². The van der Waals surface area contributed by atoms with E-state index in [1.54, 1.807) is 6.20 Å². The van der Waals surface area contributed by atoms with Crippen LogP contribution in [0.2, 0.25) is 0 Å². The zero-order valence-electron chi connectivity index (χ0n) is 14.2. The summed E-state index contributed by atoms with van der Waals surface area (Å²) in [7, 11) is 3.90. The molecule has 0 saturated carbocycles. The average molecular weight is 332 g/mol. The van der Waals surface area contributed by atoms with Crippen LogP contribution in [0.1, 0.15) is 45.7 Å². The highest BCUT2D eigenvalue weighted by atomic mass is 32.1. The van der Waals surface area contributed by atoms with Crippen molar-refractivity contribution in [1.82, 2.24) is 15.3 Å². The Labute approximate surface area is 141 Å². The third-order valence-electron chi connectivity index (χ3n) is 3.51. The Morgan fingerprint density at radius 3 is 2.74 bits per heavy atom. The standard InChI is InChI=1S/C17H24N4OS/c1-5-6-7-15-20-12(2)16(23-15)17(22)19-11-13-8-9-14(18-10-13)21(3)4/h8-10H,5-7,11H2,1-4H3,(H,19,22). The van der Waals surface area contributed by atoms with Gasteiger partial charge in [-0.15, -0.1) is 11.3 Å². The molecule has 0 atom stereocenters. The van der Waals surface area contributed by atoms with Crippen LogP contribution in [0.15, 0.2) is 18.3 Å². The van der Waals surface area contributed by atoms with Gasteiger partial charge in [0.05, 0.1) is 10.7 Å². The van der Waals surface area contributed by atoms with Crippen LogP contribution in [0, 0.1) is 6.92 Å². The van der Waals surface area contributed by atoms with E-state index in [0.717, 1.165) is 41.3 Å². The Balaban J connectivity index is 1.95. The molecule has 0 radical (unpaired) electrons. The molecule has 0 aliphatic heterocycles.